The number of piperazine rings is 1. The topological polar surface area (TPSA) is 102 Å². The average molecular weight is 196 g/mol. The average Bonchev–Trinajstić information content (AvgIpc) is 2.21. The zero-order chi connectivity index (χ0) is 10.2. The molecule has 0 aromatic carbocycles. The standard InChI is InChI=1S/C4H6N4.C4H10N2/c5-3-1-2-7-4(6)8-3;1-2-6-4-3-5-1/h1-2H,(H4,5,6,7,8);5-6H,1-4H2. The summed E-state index contributed by atoms with van der Waals surface area (Å²) in [6.07, 6.45) is 1.51. The van der Waals surface area contributed by atoms with Crippen molar-refractivity contribution in [2.24, 2.45) is 0 Å². The highest BCUT2D eigenvalue weighted by molar-refractivity contribution is 5.31. The van der Waals surface area contributed by atoms with Crippen molar-refractivity contribution in [1.29, 1.82) is 0 Å². The summed E-state index contributed by atoms with van der Waals surface area (Å²) in [5.41, 5.74) is 10.4. The molecule has 0 radical (unpaired) electrons. The Hall–Kier alpha value is -1.40. The Kier molecular flexibility index (Phi) is 4.66. The number of nitrogens with one attached hydrogen (secondary N) is 2. The van der Waals surface area contributed by atoms with Crippen LogP contribution < -0.4 is 22.1 Å². The third-order valence-electron chi connectivity index (χ3n) is 1.65. The van der Waals surface area contributed by atoms with Gasteiger partial charge in [0.2, 0.25) is 5.95 Å². The summed E-state index contributed by atoms with van der Waals surface area (Å²) in [6.45, 7) is 4.56. The van der Waals surface area contributed by atoms with Gasteiger partial charge in [-0.2, -0.15) is 4.98 Å². The minimum absolute atomic E-state index is 0.213. The first-order chi connectivity index (χ1) is 6.79. The van der Waals surface area contributed by atoms with Crippen molar-refractivity contribution in [3.05, 3.63) is 12.3 Å². The normalized spacial score (nSPS) is 15.4. The Balaban J connectivity index is 0.000000146. The smallest absolute Gasteiger partial charge is 0.221 e. The zero-order valence-electron chi connectivity index (χ0n) is 8.03. The minimum Gasteiger partial charge on any atom is -0.384 e. The monoisotopic (exact) mass is 196 g/mol. The van der Waals surface area contributed by atoms with Gasteiger partial charge in [0.05, 0.1) is 0 Å². The molecular formula is C8H16N6. The molecule has 1 fully saturated rings. The number of rotatable bonds is 0. The Morgan fingerprint density at radius 2 is 1.64 bits per heavy atom. The highest BCUT2D eigenvalue weighted by atomic mass is 15.0. The maximum atomic E-state index is 5.23. The van der Waals surface area contributed by atoms with Gasteiger partial charge in [-0.25, -0.2) is 4.98 Å². The largest absolute Gasteiger partial charge is 0.384 e. The SMILES string of the molecule is C1CNCCN1.Nc1ccnc(N)n1. The second-order valence-electron chi connectivity index (χ2n) is 2.84. The Morgan fingerprint density at radius 3 is 1.93 bits per heavy atom. The molecule has 0 amide bonds. The summed E-state index contributed by atoms with van der Waals surface area (Å²) < 4.78 is 0. The van der Waals surface area contributed by atoms with Crippen LogP contribution in [0.5, 0.6) is 0 Å². The molecule has 1 aromatic heterocycles. The number of aromatic nitrogens is 2. The molecule has 0 bridgehead atoms. The molecule has 0 atom stereocenters. The van der Waals surface area contributed by atoms with Gasteiger partial charge in [0, 0.05) is 32.4 Å². The predicted molar refractivity (Wildman–Crippen MR) is 56.6 cm³/mol. The summed E-state index contributed by atoms with van der Waals surface area (Å²) in [5.74, 6) is 0.613. The van der Waals surface area contributed by atoms with E-state index in [2.05, 4.69) is 20.6 Å². The Morgan fingerprint density at radius 1 is 1.07 bits per heavy atom. The van der Waals surface area contributed by atoms with Gasteiger partial charge >= 0.3 is 0 Å². The first kappa shape index (κ1) is 10.7. The molecule has 2 rings (SSSR count). The van der Waals surface area contributed by atoms with Gasteiger partial charge in [0.25, 0.3) is 0 Å². The van der Waals surface area contributed by atoms with E-state index in [1.807, 2.05) is 0 Å². The van der Waals surface area contributed by atoms with Crippen LogP contribution in [-0.4, -0.2) is 36.1 Å². The van der Waals surface area contributed by atoms with E-state index in [0.29, 0.717) is 5.82 Å². The van der Waals surface area contributed by atoms with E-state index in [4.69, 9.17) is 11.5 Å². The Bertz CT molecular complexity index is 231. The van der Waals surface area contributed by atoms with Crippen LogP contribution >= 0.6 is 0 Å². The van der Waals surface area contributed by atoms with Crippen LogP contribution in [0.2, 0.25) is 0 Å². The molecule has 0 spiro atoms. The third-order valence-corrected chi connectivity index (χ3v) is 1.65. The minimum atomic E-state index is 0.213. The number of nitrogens with two attached hydrogens (primary N) is 2. The van der Waals surface area contributed by atoms with E-state index in [-0.39, 0.29) is 5.95 Å². The maximum absolute atomic E-state index is 5.23. The van der Waals surface area contributed by atoms with Crippen LogP contribution in [0.4, 0.5) is 11.8 Å². The molecular weight excluding hydrogens is 180 g/mol. The van der Waals surface area contributed by atoms with E-state index in [1.165, 1.54) is 6.20 Å². The lowest BCUT2D eigenvalue weighted by Crippen LogP contribution is -2.39. The summed E-state index contributed by atoms with van der Waals surface area (Å²) in [4.78, 5) is 7.24. The van der Waals surface area contributed by atoms with E-state index in [0.717, 1.165) is 26.2 Å². The summed E-state index contributed by atoms with van der Waals surface area (Å²) in [7, 11) is 0. The molecule has 1 aromatic rings. The number of hydrogen-bond acceptors (Lipinski definition) is 6. The number of hydrogen-bond donors (Lipinski definition) is 4. The van der Waals surface area contributed by atoms with E-state index >= 15 is 0 Å². The molecule has 6 nitrogen and oxygen atoms in total. The van der Waals surface area contributed by atoms with E-state index in [1.54, 1.807) is 6.07 Å². The van der Waals surface area contributed by atoms with E-state index < -0.39 is 0 Å². The fraction of sp³-hybridized carbons (Fsp3) is 0.500. The lowest BCUT2D eigenvalue weighted by atomic mass is 10.4. The van der Waals surface area contributed by atoms with Crippen LogP contribution in [0, 0.1) is 0 Å². The molecule has 1 aliphatic heterocycles. The quantitative estimate of drug-likeness (QED) is 0.416. The van der Waals surface area contributed by atoms with Crippen molar-refractivity contribution in [3.8, 4) is 0 Å². The zero-order valence-corrected chi connectivity index (χ0v) is 8.03. The van der Waals surface area contributed by atoms with Gasteiger partial charge in [0.1, 0.15) is 5.82 Å². The van der Waals surface area contributed by atoms with Gasteiger partial charge in [-0.15, -0.1) is 0 Å². The molecule has 0 aliphatic carbocycles. The van der Waals surface area contributed by atoms with E-state index in [9.17, 15) is 0 Å². The summed E-state index contributed by atoms with van der Waals surface area (Å²) in [5, 5.41) is 6.44. The molecule has 6 N–H and O–H groups in total. The first-order valence-electron chi connectivity index (χ1n) is 4.54. The van der Waals surface area contributed by atoms with Gasteiger partial charge in [-0.3, -0.25) is 0 Å². The van der Waals surface area contributed by atoms with Crippen LogP contribution in [0.15, 0.2) is 12.3 Å². The number of nitrogens with zero attached hydrogens (tertiary/aromatic N) is 2. The molecule has 2 heterocycles. The summed E-state index contributed by atoms with van der Waals surface area (Å²) >= 11 is 0. The van der Waals surface area contributed by atoms with Crippen molar-refractivity contribution in [2.45, 2.75) is 0 Å². The van der Waals surface area contributed by atoms with Crippen molar-refractivity contribution < 1.29 is 0 Å². The van der Waals surface area contributed by atoms with Crippen LogP contribution in [-0.2, 0) is 0 Å². The van der Waals surface area contributed by atoms with Gasteiger partial charge in [-0.1, -0.05) is 0 Å². The van der Waals surface area contributed by atoms with Gasteiger partial charge in [0.15, 0.2) is 0 Å². The van der Waals surface area contributed by atoms with Crippen LogP contribution in [0.3, 0.4) is 0 Å². The van der Waals surface area contributed by atoms with Crippen LogP contribution in [0.1, 0.15) is 0 Å². The second kappa shape index (κ2) is 6.11. The molecule has 6 heteroatoms. The second-order valence-corrected chi connectivity index (χ2v) is 2.84. The highest BCUT2D eigenvalue weighted by Crippen LogP contribution is 1.94. The van der Waals surface area contributed by atoms with Crippen molar-refractivity contribution >= 4 is 11.8 Å². The number of nitrogen functional groups attached to an aromatic ring is 2. The molecule has 1 aliphatic rings. The maximum Gasteiger partial charge on any atom is 0.221 e. The van der Waals surface area contributed by atoms with Gasteiger partial charge in [-0.05, 0) is 6.07 Å². The third kappa shape index (κ3) is 4.58. The molecule has 0 saturated carbocycles. The van der Waals surface area contributed by atoms with Crippen molar-refractivity contribution in [2.75, 3.05) is 37.6 Å². The fourth-order valence-corrected chi connectivity index (χ4v) is 0.992. The van der Waals surface area contributed by atoms with Crippen molar-refractivity contribution in [1.82, 2.24) is 20.6 Å². The fourth-order valence-electron chi connectivity index (χ4n) is 0.992. The first-order valence-corrected chi connectivity index (χ1v) is 4.54. The lowest BCUT2D eigenvalue weighted by molar-refractivity contribution is 0.534. The highest BCUT2D eigenvalue weighted by Gasteiger charge is 1.91. The Labute approximate surface area is 83.1 Å². The molecule has 1 saturated heterocycles. The predicted octanol–water partition coefficient (Wildman–Crippen LogP) is -1.18. The van der Waals surface area contributed by atoms with Crippen LogP contribution in [0.25, 0.3) is 0 Å². The summed E-state index contributed by atoms with van der Waals surface area (Å²) in [6, 6.07) is 1.58. The van der Waals surface area contributed by atoms with Gasteiger partial charge < -0.3 is 22.1 Å². The van der Waals surface area contributed by atoms with Crippen molar-refractivity contribution in [3.63, 3.8) is 0 Å². The molecule has 78 valence electrons. The molecule has 0 unspecified atom stereocenters. The number of anilines is 2. The molecule has 14 heavy (non-hydrogen) atoms. The lowest BCUT2D eigenvalue weighted by Gasteiger charge is -2.11.